The Bertz CT molecular complexity index is 445. The summed E-state index contributed by atoms with van der Waals surface area (Å²) in [7, 11) is -1.01. The number of benzene rings is 1. The summed E-state index contributed by atoms with van der Waals surface area (Å²) in [6.07, 6.45) is 1.25. The SMILES string of the molecule is CN(CCS(C)(=O)=O)Cc1ccccc1Cl. The van der Waals surface area contributed by atoms with Gasteiger partial charge in [-0.3, -0.25) is 0 Å². The summed E-state index contributed by atoms with van der Waals surface area (Å²) >= 11 is 6.01. The highest BCUT2D eigenvalue weighted by atomic mass is 35.5. The molecule has 16 heavy (non-hydrogen) atoms. The molecular formula is C11H16ClNO2S. The number of nitrogens with zero attached hydrogens (tertiary/aromatic N) is 1. The lowest BCUT2D eigenvalue weighted by Crippen LogP contribution is -2.25. The van der Waals surface area contributed by atoms with Crippen LogP contribution >= 0.6 is 11.6 Å². The van der Waals surface area contributed by atoms with E-state index in [0.717, 1.165) is 5.56 Å². The molecule has 3 nitrogen and oxygen atoms in total. The molecule has 5 heteroatoms. The molecular weight excluding hydrogens is 246 g/mol. The molecule has 0 saturated heterocycles. The zero-order valence-corrected chi connectivity index (χ0v) is 11.1. The summed E-state index contributed by atoms with van der Waals surface area (Å²) in [4.78, 5) is 1.95. The molecule has 0 N–H and O–H groups in total. The summed E-state index contributed by atoms with van der Waals surface area (Å²) in [6.45, 7) is 1.18. The molecule has 0 fully saturated rings. The van der Waals surface area contributed by atoms with Crippen LogP contribution in [0.4, 0.5) is 0 Å². The molecule has 0 spiro atoms. The highest BCUT2D eigenvalue weighted by Crippen LogP contribution is 2.16. The average Bonchev–Trinajstić information content (AvgIpc) is 2.18. The molecule has 1 aromatic rings. The molecule has 0 atom stereocenters. The first-order valence-electron chi connectivity index (χ1n) is 4.98. The number of hydrogen-bond acceptors (Lipinski definition) is 3. The van der Waals surface area contributed by atoms with Crippen LogP contribution in [0.2, 0.25) is 5.02 Å². The van der Waals surface area contributed by atoms with Crippen LogP contribution in [0.1, 0.15) is 5.56 Å². The Balaban J connectivity index is 2.52. The number of halogens is 1. The molecule has 0 radical (unpaired) electrons. The Labute approximate surface area is 102 Å². The lowest BCUT2D eigenvalue weighted by atomic mass is 10.2. The minimum atomic E-state index is -2.90. The van der Waals surface area contributed by atoms with E-state index >= 15 is 0 Å². The van der Waals surface area contributed by atoms with Gasteiger partial charge in [0.15, 0.2) is 0 Å². The van der Waals surface area contributed by atoms with Crippen molar-refractivity contribution in [3.8, 4) is 0 Å². The summed E-state index contributed by atoms with van der Waals surface area (Å²) in [5, 5.41) is 0.716. The molecule has 0 aliphatic rings. The average molecular weight is 262 g/mol. The number of sulfone groups is 1. The van der Waals surface area contributed by atoms with Gasteiger partial charge in [0, 0.05) is 24.4 Å². The molecule has 0 heterocycles. The zero-order valence-electron chi connectivity index (χ0n) is 9.48. The van der Waals surface area contributed by atoms with Gasteiger partial charge in [0.05, 0.1) is 5.75 Å². The first kappa shape index (κ1) is 13.5. The molecule has 0 amide bonds. The van der Waals surface area contributed by atoms with Crippen molar-refractivity contribution in [1.29, 1.82) is 0 Å². The van der Waals surface area contributed by atoms with E-state index in [1.165, 1.54) is 6.26 Å². The van der Waals surface area contributed by atoms with E-state index in [1.807, 2.05) is 36.2 Å². The first-order chi connectivity index (χ1) is 7.38. The largest absolute Gasteiger partial charge is 0.301 e. The smallest absolute Gasteiger partial charge is 0.148 e. The molecule has 0 aliphatic carbocycles. The molecule has 0 bridgehead atoms. The van der Waals surface area contributed by atoms with Crippen LogP contribution < -0.4 is 0 Å². The Morgan fingerprint density at radius 1 is 1.31 bits per heavy atom. The van der Waals surface area contributed by atoms with E-state index in [-0.39, 0.29) is 5.75 Å². The lowest BCUT2D eigenvalue weighted by Gasteiger charge is -2.16. The van der Waals surface area contributed by atoms with Crippen LogP contribution in [0.5, 0.6) is 0 Å². The van der Waals surface area contributed by atoms with Gasteiger partial charge in [0.2, 0.25) is 0 Å². The van der Waals surface area contributed by atoms with Crippen molar-refractivity contribution in [2.75, 3.05) is 25.6 Å². The van der Waals surface area contributed by atoms with E-state index in [9.17, 15) is 8.42 Å². The van der Waals surface area contributed by atoms with Gasteiger partial charge in [-0.1, -0.05) is 29.8 Å². The van der Waals surface area contributed by atoms with Gasteiger partial charge < -0.3 is 4.90 Å². The molecule has 0 aliphatic heterocycles. The van der Waals surface area contributed by atoms with Crippen LogP contribution in [0.15, 0.2) is 24.3 Å². The van der Waals surface area contributed by atoms with Crippen molar-refractivity contribution in [2.24, 2.45) is 0 Å². The highest BCUT2D eigenvalue weighted by Gasteiger charge is 2.07. The monoisotopic (exact) mass is 261 g/mol. The molecule has 90 valence electrons. The van der Waals surface area contributed by atoms with E-state index in [4.69, 9.17) is 11.6 Å². The molecule has 0 saturated carbocycles. The second-order valence-corrected chi connectivity index (χ2v) is 6.63. The third-order valence-corrected chi connectivity index (χ3v) is 3.53. The zero-order chi connectivity index (χ0) is 12.2. The Kier molecular flexibility index (Phi) is 4.77. The van der Waals surface area contributed by atoms with Gasteiger partial charge in [-0.15, -0.1) is 0 Å². The Morgan fingerprint density at radius 2 is 1.94 bits per heavy atom. The van der Waals surface area contributed by atoms with Crippen molar-refractivity contribution >= 4 is 21.4 Å². The summed E-state index contributed by atoms with van der Waals surface area (Å²) in [5.74, 6) is 0.175. The van der Waals surface area contributed by atoms with Crippen molar-refractivity contribution < 1.29 is 8.42 Å². The minimum Gasteiger partial charge on any atom is -0.301 e. The second kappa shape index (κ2) is 5.66. The van der Waals surface area contributed by atoms with E-state index in [0.29, 0.717) is 18.1 Å². The third kappa shape index (κ3) is 4.96. The van der Waals surface area contributed by atoms with Crippen molar-refractivity contribution in [2.45, 2.75) is 6.54 Å². The van der Waals surface area contributed by atoms with Crippen LogP contribution in [0.25, 0.3) is 0 Å². The second-order valence-electron chi connectivity index (χ2n) is 3.96. The maximum absolute atomic E-state index is 11.0. The van der Waals surface area contributed by atoms with Gasteiger partial charge in [-0.05, 0) is 18.7 Å². The van der Waals surface area contributed by atoms with E-state index < -0.39 is 9.84 Å². The van der Waals surface area contributed by atoms with E-state index in [1.54, 1.807) is 0 Å². The fourth-order valence-electron chi connectivity index (χ4n) is 1.32. The molecule has 1 aromatic carbocycles. The maximum Gasteiger partial charge on any atom is 0.148 e. The van der Waals surface area contributed by atoms with Crippen LogP contribution in [0.3, 0.4) is 0 Å². The van der Waals surface area contributed by atoms with E-state index in [2.05, 4.69) is 0 Å². The van der Waals surface area contributed by atoms with Gasteiger partial charge in [-0.2, -0.15) is 0 Å². The van der Waals surface area contributed by atoms with Crippen LogP contribution in [-0.2, 0) is 16.4 Å². The molecule has 0 unspecified atom stereocenters. The van der Waals surface area contributed by atoms with Crippen molar-refractivity contribution in [1.82, 2.24) is 4.90 Å². The lowest BCUT2D eigenvalue weighted by molar-refractivity contribution is 0.346. The standard InChI is InChI=1S/C11H16ClNO2S/c1-13(7-8-16(2,14)15)9-10-5-3-4-6-11(10)12/h3-6H,7-9H2,1-2H3. The van der Waals surface area contributed by atoms with Gasteiger partial charge in [0.1, 0.15) is 9.84 Å². The van der Waals surface area contributed by atoms with Crippen molar-refractivity contribution in [3.63, 3.8) is 0 Å². The van der Waals surface area contributed by atoms with Crippen molar-refractivity contribution in [3.05, 3.63) is 34.9 Å². The predicted octanol–water partition coefficient (Wildman–Crippen LogP) is 1.82. The summed E-state index contributed by atoms with van der Waals surface area (Å²) < 4.78 is 22.0. The quantitative estimate of drug-likeness (QED) is 0.811. The van der Waals surface area contributed by atoms with Gasteiger partial charge in [0.25, 0.3) is 0 Å². The summed E-state index contributed by atoms with van der Waals surface area (Å²) in [5.41, 5.74) is 1.01. The molecule has 1 rings (SSSR count). The van der Waals surface area contributed by atoms with Gasteiger partial charge >= 0.3 is 0 Å². The molecule has 0 aromatic heterocycles. The maximum atomic E-state index is 11.0. The summed E-state index contributed by atoms with van der Waals surface area (Å²) in [6, 6.07) is 7.58. The number of rotatable bonds is 5. The normalized spacial score (nSPS) is 12.0. The fourth-order valence-corrected chi connectivity index (χ4v) is 2.16. The predicted molar refractivity (Wildman–Crippen MR) is 67.5 cm³/mol. The Hall–Kier alpha value is -0.580. The third-order valence-electron chi connectivity index (χ3n) is 2.24. The minimum absolute atomic E-state index is 0.175. The Morgan fingerprint density at radius 3 is 2.50 bits per heavy atom. The first-order valence-corrected chi connectivity index (χ1v) is 7.42. The van der Waals surface area contributed by atoms with Gasteiger partial charge in [-0.25, -0.2) is 8.42 Å². The fraction of sp³-hybridized carbons (Fsp3) is 0.455. The van der Waals surface area contributed by atoms with Crippen LogP contribution in [-0.4, -0.2) is 38.9 Å². The van der Waals surface area contributed by atoms with Crippen LogP contribution in [0, 0.1) is 0 Å². The number of hydrogen-bond donors (Lipinski definition) is 0. The highest BCUT2D eigenvalue weighted by molar-refractivity contribution is 7.90. The topological polar surface area (TPSA) is 37.4 Å².